The van der Waals surface area contributed by atoms with Crippen LogP contribution in [0.2, 0.25) is 10.0 Å². The Labute approximate surface area is 168 Å². The fourth-order valence-electron chi connectivity index (χ4n) is 2.95. The van der Waals surface area contributed by atoms with Gasteiger partial charge in [0.25, 0.3) is 5.56 Å². The predicted octanol–water partition coefficient (Wildman–Crippen LogP) is 3.74. The molecule has 142 valence electrons. The van der Waals surface area contributed by atoms with Gasteiger partial charge in [0, 0.05) is 28.9 Å². The third kappa shape index (κ3) is 3.54. The number of morpholine rings is 1. The molecule has 1 atom stereocenters. The van der Waals surface area contributed by atoms with Gasteiger partial charge in [-0.05, 0) is 18.6 Å². The molecule has 0 radical (unpaired) electrons. The van der Waals surface area contributed by atoms with E-state index in [0.717, 1.165) is 5.69 Å². The van der Waals surface area contributed by atoms with E-state index in [0.29, 0.717) is 46.8 Å². The van der Waals surface area contributed by atoms with Crippen LogP contribution < -0.4 is 10.5 Å². The van der Waals surface area contributed by atoms with Crippen LogP contribution in [-0.4, -0.2) is 34.3 Å². The molecule has 10 heteroatoms. The minimum Gasteiger partial charge on any atom is -0.370 e. The second kappa shape index (κ2) is 7.35. The smallest absolute Gasteiger partial charge is 0.275 e. The molecule has 0 saturated carbocycles. The first kappa shape index (κ1) is 18.6. The minimum absolute atomic E-state index is 0.0280. The van der Waals surface area contributed by atoms with Gasteiger partial charge in [-0.3, -0.25) is 4.79 Å². The van der Waals surface area contributed by atoms with Crippen molar-refractivity contribution >= 4 is 44.6 Å². The highest BCUT2D eigenvalue weighted by atomic mass is 35.5. The number of halogens is 3. The third-order valence-electron chi connectivity index (χ3n) is 4.37. The molecule has 1 fully saturated rings. The summed E-state index contributed by atoms with van der Waals surface area (Å²) >= 11 is 13.3. The summed E-state index contributed by atoms with van der Waals surface area (Å²) in [5.41, 5.74) is 1.07. The van der Waals surface area contributed by atoms with Gasteiger partial charge in [-0.25, -0.2) is 9.37 Å². The summed E-state index contributed by atoms with van der Waals surface area (Å²) in [5, 5.41) is 5.38. The van der Waals surface area contributed by atoms with Crippen LogP contribution in [0.15, 0.2) is 23.0 Å². The summed E-state index contributed by atoms with van der Waals surface area (Å²) < 4.78 is 21.0. The quantitative estimate of drug-likeness (QED) is 0.594. The highest BCUT2D eigenvalue weighted by Crippen LogP contribution is 2.34. The normalized spacial score (nSPS) is 17.6. The van der Waals surface area contributed by atoms with Crippen LogP contribution in [0.3, 0.4) is 0 Å². The molecule has 1 unspecified atom stereocenters. The van der Waals surface area contributed by atoms with Gasteiger partial charge in [0.05, 0.1) is 18.2 Å². The average Bonchev–Trinajstić information content (AvgIpc) is 3.09. The lowest BCUT2D eigenvalue weighted by Gasteiger charge is -2.33. The number of rotatable bonds is 3. The largest absolute Gasteiger partial charge is 0.370 e. The summed E-state index contributed by atoms with van der Waals surface area (Å²) in [5.74, 6) is -0.542. The molecular formula is C17H15Cl2FN4O2S. The summed E-state index contributed by atoms with van der Waals surface area (Å²) in [6, 6.07) is 4.18. The van der Waals surface area contributed by atoms with E-state index in [-0.39, 0.29) is 10.6 Å². The first-order chi connectivity index (χ1) is 13.0. The molecule has 1 saturated heterocycles. The summed E-state index contributed by atoms with van der Waals surface area (Å²) in [7, 11) is 0. The average molecular weight is 429 g/mol. The molecule has 0 aliphatic carbocycles. The number of aryl methyl sites for hydroxylation is 1. The number of anilines is 1. The van der Waals surface area contributed by atoms with Crippen molar-refractivity contribution in [1.29, 1.82) is 0 Å². The van der Waals surface area contributed by atoms with Gasteiger partial charge in [-0.1, -0.05) is 41.5 Å². The standard InChI is InChI=1S/C17H15Cl2FN4O2S/c1-2-9-5-15(25)24-16(21-9)27-17(22-24)23-3-4-26-14(8-23)10-6-13(20)12(19)7-11(10)18/h5-7,14H,2-4,8H2,1H3. The molecule has 3 aromatic rings. The summed E-state index contributed by atoms with van der Waals surface area (Å²) in [4.78, 5) is 19.2. The molecule has 0 N–H and O–H groups in total. The first-order valence-electron chi connectivity index (χ1n) is 8.37. The highest BCUT2D eigenvalue weighted by Gasteiger charge is 2.27. The Morgan fingerprint density at radius 2 is 2.15 bits per heavy atom. The van der Waals surface area contributed by atoms with E-state index in [1.54, 1.807) is 0 Å². The van der Waals surface area contributed by atoms with E-state index in [1.165, 1.54) is 34.1 Å². The number of benzene rings is 1. The second-order valence-corrected chi connectivity index (χ2v) is 7.86. The predicted molar refractivity (Wildman–Crippen MR) is 104 cm³/mol. The summed E-state index contributed by atoms with van der Waals surface area (Å²) in [6.07, 6.45) is 0.250. The molecular weight excluding hydrogens is 414 g/mol. The van der Waals surface area contributed by atoms with Gasteiger partial charge in [0.2, 0.25) is 10.1 Å². The number of nitrogens with zero attached hydrogens (tertiary/aromatic N) is 4. The van der Waals surface area contributed by atoms with Crippen LogP contribution in [0.25, 0.3) is 4.96 Å². The van der Waals surface area contributed by atoms with Crippen molar-refractivity contribution in [1.82, 2.24) is 14.6 Å². The molecule has 6 nitrogen and oxygen atoms in total. The molecule has 1 aliphatic rings. The number of fused-ring (bicyclic) bond motifs is 1. The van der Waals surface area contributed by atoms with Crippen molar-refractivity contribution in [3.63, 3.8) is 0 Å². The molecule has 1 aromatic carbocycles. The molecule has 3 heterocycles. The fraction of sp³-hybridized carbons (Fsp3) is 0.353. The zero-order valence-electron chi connectivity index (χ0n) is 14.3. The SMILES string of the molecule is CCc1cc(=O)n2nc(N3CCOC(c4cc(F)c(Cl)cc4Cl)C3)sc2n1. The molecule has 1 aliphatic heterocycles. The maximum Gasteiger partial charge on any atom is 0.275 e. The molecule has 0 spiro atoms. The van der Waals surface area contributed by atoms with Crippen LogP contribution in [0, 0.1) is 5.82 Å². The second-order valence-electron chi connectivity index (χ2n) is 6.11. The van der Waals surface area contributed by atoms with Crippen molar-refractivity contribution in [2.24, 2.45) is 0 Å². The van der Waals surface area contributed by atoms with Crippen molar-refractivity contribution in [2.75, 3.05) is 24.6 Å². The number of hydrogen-bond donors (Lipinski definition) is 0. The number of hydrogen-bond acceptors (Lipinski definition) is 6. The van der Waals surface area contributed by atoms with E-state index < -0.39 is 11.9 Å². The number of ether oxygens (including phenoxy) is 1. The Bertz CT molecular complexity index is 1070. The first-order valence-corrected chi connectivity index (χ1v) is 9.94. The maximum atomic E-state index is 13.9. The molecule has 0 amide bonds. The van der Waals surface area contributed by atoms with E-state index in [9.17, 15) is 9.18 Å². The zero-order chi connectivity index (χ0) is 19.1. The maximum absolute atomic E-state index is 13.9. The van der Waals surface area contributed by atoms with Gasteiger partial charge in [-0.2, -0.15) is 4.52 Å². The van der Waals surface area contributed by atoms with Crippen LogP contribution >= 0.6 is 34.5 Å². The van der Waals surface area contributed by atoms with Gasteiger partial charge < -0.3 is 9.64 Å². The van der Waals surface area contributed by atoms with Gasteiger partial charge in [0.1, 0.15) is 11.9 Å². The van der Waals surface area contributed by atoms with E-state index in [2.05, 4.69) is 10.1 Å². The minimum atomic E-state index is -0.542. The lowest BCUT2D eigenvalue weighted by Crippen LogP contribution is -2.38. The van der Waals surface area contributed by atoms with Crippen LogP contribution in [0.1, 0.15) is 24.3 Å². The van der Waals surface area contributed by atoms with Crippen LogP contribution in [-0.2, 0) is 11.2 Å². The van der Waals surface area contributed by atoms with E-state index in [4.69, 9.17) is 27.9 Å². The van der Waals surface area contributed by atoms with Gasteiger partial charge in [0.15, 0.2) is 0 Å². The molecule has 2 aromatic heterocycles. The lowest BCUT2D eigenvalue weighted by atomic mass is 10.1. The van der Waals surface area contributed by atoms with Crippen LogP contribution in [0.4, 0.5) is 9.52 Å². The molecule has 0 bridgehead atoms. The Kier molecular flexibility index (Phi) is 5.07. The number of aromatic nitrogens is 3. The Morgan fingerprint density at radius 3 is 2.93 bits per heavy atom. The molecule has 4 rings (SSSR count). The van der Waals surface area contributed by atoms with E-state index in [1.807, 2.05) is 11.8 Å². The highest BCUT2D eigenvalue weighted by molar-refractivity contribution is 7.20. The van der Waals surface area contributed by atoms with E-state index >= 15 is 0 Å². The fourth-order valence-corrected chi connectivity index (χ4v) is 4.42. The topological polar surface area (TPSA) is 59.7 Å². The van der Waals surface area contributed by atoms with Crippen LogP contribution in [0.5, 0.6) is 0 Å². The van der Waals surface area contributed by atoms with Crippen molar-refractivity contribution in [3.05, 3.63) is 55.7 Å². The van der Waals surface area contributed by atoms with Gasteiger partial charge in [-0.15, -0.1) is 5.10 Å². The third-order valence-corrected chi connectivity index (χ3v) is 5.96. The zero-order valence-corrected chi connectivity index (χ0v) is 16.6. The Morgan fingerprint density at radius 1 is 1.33 bits per heavy atom. The molecule has 27 heavy (non-hydrogen) atoms. The monoisotopic (exact) mass is 428 g/mol. The Hall–Kier alpha value is -1.74. The lowest BCUT2D eigenvalue weighted by molar-refractivity contribution is 0.0396. The van der Waals surface area contributed by atoms with Crippen molar-refractivity contribution < 1.29 is 9.13 Å². The Balaban J connectivity index is 1.65. The van der Waals surface area contributed by atoms with Gasteiger partial charge >= 0.3 is 0 Å². The summed E-state index contributed by atoms with van der Waals surface area (Å²) in [6.45, 7) is 3.39. The van der Waals surface area contributed by atoms with Crippen molar-refractivity contribution in [3.8, 4) is 0 Å². The van der Waals surface area contributed by atoms with Crippen molar-refractivity contribution in [2.45, 2.75) is 19.4 Å².